The highest BCUT2D eigenvalue weighted by Crippen LogP contribution is 2.58. The second-order valence-corrected chi connectivity index (χ2v) is 5.41. The average Bonchev–Trinajstić information content (AvgIpc) is 2.30. The lowest BCUT2D eigenvalue weighted by atomic mass is 9.51. The molecule has 0 unspecified atom stereocenters. The van der Waals surface area contributed by atoms with Gasteiger partial charge in [-0.3, -0.25) is 4.79 Å². The summed E-state index contributed by atoms with van der Waals surface area (Å²) in [5.74, 6) is 0.543. The predicted molar refractivity (Wildman–Crippen MR) is 58.2 cm³/mol. The number of fused-ring (bicyclic) bond motifs is 3. The highest BCUT2D eigenvalue weighted by atomic mass is 16.1. The van der Waals surface area contributed by atoms with E-state index in [2.05, 4.69) is 6.92 Å². The van der Waals surface area contributed by atoms with Crippen LogP contribution in [0.15, 0.2) is 0 Å². The fourth-order valence-electron chi connectivity index (χ4n) is 3.59. The monoisotopic (exact) mass is 194 g/mol. The zero-order valence-electron chi connectivity index (χ0n) is 9.57. The van der Waals surface area contributed by atoms with Crippen LogP contribution in [-0.2, 0) is 4.79 Å². The van der Waals surface area contributed by atoms with Crippen LogP contribution < -0.4 is 0 Å². The van der Waals surface area contributed by atoms with Crippen molar-refractivity contribution < 1.29 is 4.79 Å². The summed E-state index contributed by atoms with van der Waals surface area (Å²) in [6.07, 6.45) is 9.58. The van der Waals surface area contributed by atoms with Crippen molar-refractivity contribution in [1.29, 1.82) is 0 Å². The Morgan fingerprint density at radius 1 is 1.00 bits per heavy atom. The molecule has 0 atom stereocenters. The van der Waals surface area contributed by atoms with Crippen LogP contribution in [0, 0.1) is 10.8 Å². The second-order valence-electron chi connectivity index (χ2n) is 5.41. The molecule has 1 heteroatoms. The van der Waals surface area contributed by atoms with Gasteiger partial charge in [-0.1, -0.05) is 20.3 Å². The molecule has 3 fully saturated rings. The fourth-order valence-corrected chi connectivity index (χ4v) is 3.59. The average molecular weight is 194 g/mol. The van der Waals surface area contributed by atoms with Crippen LogP contribution in [-0.4, -0.2) is 5.78 Å². The Bertz CT molecular complexity index is 217. The summed E-state index contributed by atoms with van der Waals surface area (Å²) in [4.78, 5) is 11.9. The van der Waals surface area contributed by atoms with Gasteiger partial charge in [0.25, 0.3) is 0 Å². The van der Waals surface area contributed by atoms with E-state index >= 15 is 0 Å². The molecule has 0 N–H and O–H groups in total. The SMILES string of the molecule is CCC(=O)C12CCC(CC)(CC1)CC2. The number of ketones is 1. The van der Waals surface area contributed by atoms with Gasteiger partial charge in [-0.05, 0) is 43.9 Å². The fraction of sp³-hybridized carbons (Fsp3) is 0.923. The number of carbonyl (C=O) groups is 1. The van der Waals surface area contributed by atoms with E-state index < -0.39 is 0 Å². The van der Waals surface area contributed by atoms with Gasteiger partial charge in [0.2, 0.25) is 0 Å². The van der Waals surface area contributed by atoms with E-state index in [4.69, 9.17) is 0 Å². The summed E-state index contributed by atoms with van der Waals surface area (Å²) < 4.78 is 0. The van der Waals surface area contributed by atoms with Crippen LogP contribution in [0.3, 0.4) is 0 Å². The molecular weight excluding hydrogens is 172 g/mol. The van der Waals surface area contributed by atoms with Gasteiger partial charge in [-0.15, -0.1) is 0 Å². The van der Waals surface area contributed by atoms with Crippen molar-refractivity contribution in [3.05, 3.63) is 0 Å². The quantitative estimate of drug-likeness (QED) is 0.669. The maximum absolute atomic E-state index is 11.9. The summed E-state index contributed by atoms with van der Waals surface area (Å²) in [5, 5.41) is 0. The first kappa shape index (κ1) is 10.2. The van der Waals surface area contributed by atoms with Gasteiger partial charge in [0.05, 0.1) is 0 Å². The first-order chi connectivity index (χ1) is 6.66. The minimum atomic E-state index is 0.131. The zero-order valence-corrected chi connectivity index (χ0v) is 9.57. The van der Waals surface area contributed by atoms with E-state index in [1.807, 2.05) is 6.92 Å². The Labute approximate surface area is 87.3 Å². The maximum Gasteiger partial charge on any atom is 0.138 e. The minimum absolute atomic E-state index is 0.131. The number of hydrogen-bond acceptors (Lipinski definition) is 1. The molecule has 0 aromatic heterocycles. The summed E-state index contributed by atoms with van der Waals surface area (Å²) in [5.41, 5.74) is 0.765. The normalized spacial score (nSPS) is 41.3. The van der Waals surface area contributed by atoms with Crippen LogP contribution in [0.4, 0.5) is 0 Å². The van der Waals surface area contributed by atoms with Gasteiger partial charge in [0.15, 0.2) is 0 Å². The molecule has 80 valence electrons. The Morgan fingerprint density at radius 2 is 1.50 bits per heavy atom. The van der Waals surface area contributed by atoms with Crippen LogP contribution in [0.25, 0.3) is 0 Å². The van der Waals surface area contributed by atoms with Gasteiger partial charge >= 0.3 is 0 Å². The van der Waals surface area contributed by atoms with Crippen molar-refractivity contribution in [2.75, 3.05) is 0 Å². The van der Waals surface area contributed by atoms with E-state index in [-0.39, 0.29) is 5.41 Å². The van der Waals surface area contributed by atoms with E-state index in [9.17, 15) is 4.79 Å². The van der Waals surface area contributed by atoms with Gasteiger partial charge in [-0.25, -0.2) is 0 Å². The molecule has 0 aliphatic heterocycles. The van der Waals surface area contributed by atoms with Crippen molar-refractivity contribution in [1.82, 2.24) is 0 Å². The number of hydrogen-bond donors (Lipinski definition) is 0. The summed E-state index contributed by atoms with van der Waals surface area (Å²) in [6.45, 7) is 4.34. The van der Waals surface area contributed by atoms with Crippen LogP contribution in [0.2, 0.25) is 0 Å². The molecule has 0 spiro atoms. The number of Topliss-reactive ketones (excluding diaryl/α,β-unsaturated/α-hetero) is 1. The lowest BCUT2D eigenvalue weighted by molar-refractivity contribution is -0.137. The highest BCUT2D eigenvalue weighted by molar-refractivity contribution is 5.84. The molecule has 0 aromatic carbocycles. The van der Waals surface area contributed by atoms with Gasteiger partial charge < -0.3 is 0 Å². The topological polar surface area (TPSA) is 17.1 Å². The standard InChI is InChI=1S/C13H22O/c1-3-11(14)13-8-5-12(4-2,6-9-13)7-10-13/h3-10H2,1-2H3. The molecule has 0 aromatic rings. The van der Waals surface area contributed by atoms with Crippen molar-refractivity contribution in [3.63, 3.8) is 0 Å². The maximum atomic E-state index is 11.9. The lowest BCUT2D eigenvalue weighted by Gasteiger charge is -2.52. The van der Waals surface area contributed by atoms with E-state index in [1.165, 1.54) is 44.9 Å². The number of rotatable bonds is 3. The molecule has 0 heterocycles. The Kier molecular flexibility index (Phi) is 2.45. The van der Waals surface area contributed by atoms with E-state index in [0.717, 1.165) is 6.42 Å². The molecule has 3 rings (SSSR count). The third-order valence-electron chi connectivity index (χ3n) is 5.06. The molecule has 3 aliphatic carbocycles. The molecule has 3 aliphatic rings. The predicted octanol–water partition coefficient (Wildman–Crippen LogP) is 3.72. The van der Waals surface area contributed by atoms with Crippen molar-refractivity contribution in [2.24, 2.45) is 10.8 Å². The third kappa shape index (κ3) is 1.32. The molecule has 0 amide bonds. The molecule has 2 bridgehead atoms. The third-order valence-corrected chi connectivity index (χ3v) is 5.06. The zero-order chi connectivity index (χ0) is 10.2. The van der Waals surface area contributed by atoms with Gasteiger partial charge in [-0.2, -0.15) is 0 Å². The largest absolute Gasteiger partial charge is 0.299 e. The Hall–Kier alpha value is -0.330. The minimum Gasteiger partial charge on any atom is -0.299 e. The number of carbonyl (C=O) groups excluding carboxylic acids is 1. The molecule has 0 radical (unpaired) electrons. The molecule has 1 nitrogen and oxygen atoms in total. The summed E-state index contributed by atoms with van der Waals surface area (Å²) in [6, 6.07) is 0. The molecule has 0 saturated heterocycles. The van der Waals surface area contributed by atoms with Crippen molar-refractivity contribution in [3.8, 4) is 0 Å². The molecular formula is C13H22O. The van der Waals surface area contributed by atoms with Crippen LogP contribution in [0.5, 0.6) is 0 Å². The Balaban J connectivity index is 2.12. The van der Waals surface area contributed by atoms with Crippen LogP contribution in [0.1, 0.15) is 65.2 Å². The second kappa shape index (κ2) is 3.36. The Morgan fingerprint density at radius 3 is 1.86 bits per heavy atom. The molecule has 3 saturated carbocycles. The van der Waals surface area contributed by atoms with E-state index in [1.54, 1.807) is 0 Å². The first-order valence-corrected chi connectivity index (χ1v) is 6.20. The van der Waals surface area contributed by atoms with Gasteiger partial charge in [0, 0.05) is 11.8 Å². The van der Waals surface area contributed by atoms with Gasteiger partial charge in [0.1, 0.15) is 5.78 Å². The smallest absolute Gasteiger partial charge is 0.138 e. The van der Waals surface area contributed by atoms with Crippen molar-refractivity contribution in [2.45, 2.75) is 65.2 Å². The highest BCUT2D eigenvalue weighted by Gasteiger charge is 2.50. The summed E-state index contributed by atoms with van der Waals surface area (Å²) in [7, 11) is 0. The lowest BCUT2D eigenvalue weighted by Crippen LogP contribution is -2.45. The van der Waals surface area contributed by atoms with E-state index in [0.29, 0.717) is 11.2 Å². The van der Waals surface area contributed by atoms with Crippen LogP contribution >= 0.6 is 0 Å². The van der Waals surface area contributed by atoms with Crippen molar-refractivity contribution >= 4 is 5.78 Å². The molecule has 14 heavy (non-hydrogen) atoms. The summed E-state index contributed by atoms with van der Waals surface area (Å²) >= 11 is 0. The first-order valence-electron chi connectivity index (χ1n) is 6.20.